The first-order valence-electron chi connectivity index (χ1n) is 11.9. The van der Waals surface area contributed by atoms with Gasteiger partial charge in [-0.05, 0) is 67.6 Å². The molecule has 0 saturated heterocycles. The molecule has 4 aromatic rings. The number of carbonyl (C=O) groups excluding carboxylic acids is 1. The van der Waals surface area contributed by atoms with Crippen molar-refractivity contribution in [1.29, 1.82) is 0 Å². The van der Waals surface area contributed by atoms with Gasteiger partial charge in [0, 0.05) is 34.7 Å². The van der Waals surface area contributed by atoms with Crippen LogP contribution < -0.4 is 4.74 Å². The first kappa shape index (κ1) is 23.2. The number of nitrogens with zero attached hydrogens (tertiary/aromatic N) is 4. The maximum atomic E-state index is 12.8. The summed E-state index contributed by atoms with van der Waals surface area (Å²) >= 11 is 6.28. The number of rotatable bonds is 8. The number of nitrogens with one attached hydrogen (secondary N) is 1. The van der Waals surface area contributed by atoms with Crippen LogP contribution in [-0.2, 0) is 17.7 Å². The van der Waals surface area contributed by atoms with Gasteiger partial charge in [0.15, 0.2) is 0 Å². The molecule has 5 rings (SSSR count). The van der Waals surface area contributed by atoms with E-state index in [4.69, 9.17) is 21.1 Å². The average Bonchev–Trinajstić information content (AvgIpc) is 3.51. The zero-order valence-corrected chi connectivity index (χ0v) is 20.4. The number of carbonyl (C=O) groups is 1. The Bertz CT molecular complexity index is 1290. The highest BCUT2D eigenvalue weighted by atomic mass is 35.5. The maximum absolute atomic E-state index is 12.8. The Morgan fingerprint density at radius 3 is 2.83 bits per heavy atom. The van der Waals surface area contributed by atoms with Gasteiger partial charge in [0.25, 0.3) is 0 Å². The van der Waals surface area contributed by atoms with Gasteiger partial charge < -0.3 is 14.5 Å². The Balaban J connectivity index is 1.34. The third-order valence-electron chi connectivity index (χ3n) is 6.30. The number of benzene rings is 2. The Hall–Kier alpha value is -3.52. The van der Waals surface area contributed by atoms with Crippen LogP contribution in [0.2, 0.25) is 5.02 Å². The lowest BCUT2D eigenvalue weighted by Crippen LogP contribution is -2.40. The number of hydrogen-bond acceptors (Lipinski definition) is 5. The predicted molar refractivity (Wildman–Crippen MR) is 134 cm³/mol. The summed E-state index contributed by atoms with van der Waals surface area (Å²) in [6, 6.07) is 13.5. The molecule has 1 aliphatic rings. The second kappa shape index (κ2) is 10.4. The minimum atomic E-state index is -0.312. The Morgan fingerprint density at radius 2 is 2.06 bits per heavy atom. The van der Waals surface area contributed by atoms with Gasteiger partial charge in [0.05, 0.1) is 13.2 Å². The van der Waals surface area contributed by atoms with E-state index in [0.717, 1.165) is 53.7 Å². The fourth-order valence-electron chi connectivity index (χ4n) is 4.67. The van der Waals surface area contributed by atoms with Crippen LogP contribution in [0.25, 0.3) is 10.9 Å². The van der Waals surface area contributed by atoms with E-state index in [1.807, 2.05) is 54.1 Å². The van der Waals surface area contributed by atoms with Crippen molar-refractivity contribution in [1.82, 2.24) is 24.6 Å². The molecule has 8 nitrogen and oxygen atoms in total. The molecule has 1 N–H and O–H groups in total. The summed E-state index contributed by atoms with van der Waals surface area (Å²) in [5.41, 5.74) is 4.21. The van der Waals surface area contributed by atoms with Crippen LogP contribution >= 0.6 is 11.6 Å². The fourth-order valence-corrected chi connectivity index (χ4v) is 4.84. The van der Waals surface area contributed by atoms with Gasteiger partial charge in [0.2, 0.25) is 0 Å². The molecule has 0 aliphatic carbocycles. The van der Waals surface area contributed by atoms with Crippen LogP contribution in [-0.4, -0.2) is 50.5 Å². The summed E-state index contributed by atoms with van der Waals surface area (Å²) in [5.74, 6) is 0.802. The van der Waals surface area contributed by atoms with Gasteiger partial charge in [-0.15, -0.1) is 0 Å². The standard InChI is InChI=1S/C26H28ClN5O3/c1-2-34-26(33)32-13-11-21-22-15-19(27)7-10-23(22)30-24(21)25(32)18-5-8-20(9-6-18)35-14-4-3-12-31-17-28-16-29-31/h5-10,15-17,25,30H,2-4,11-14H2,1H3. The van der Waals surface area contributed by atoms with Crippen LogP contribution in [0.4, 0.5) is 4.79 Å². The lowest BCUT2D eigenvalue weighted by molar-refractivity contribution is 0.0932. The molecule has 9 heteroatoms. The summed E-state index contributed by atoms with van der Waals surface area (Å²) < 4.78 is 13.1. The van der Waals surface area contributed by atoms with E-state index in [-0.39, 0.29) is 12.1 Å². The van der Waals surface area contributed by atoms with E-state index >= 15 is 0 Å². The quantitative estimate of drug-likeness (QED) is 0.333. The summed E-state index contributed by atoms with van der Waals surface area (Å²) in [5, 5.41) is 5.91. The molecule has 0 saturated carbocycles. The van der Waals surface area contributed by atoms with E-state index in [0.29, 0.717) is 24.8 Å². The Morgan fingerprint density at radius 1 is 1.20 bits per heavy atom. The van der Waals surface area contributed by atoms with Crippen molar-refractivity contribution < 1.29 is 14.3 Å². The lowest BCUT2D eigenvalue weighted by atomic mass is 9.92. The minimum Gasteiger partial charge on any atom is -0.494 e. The number of aromatic amines is 1. The molecular weight excluding hydrogens is 466 g/mol. The number of H-pyrrole nitrogens is 1. The highest BCUT2D eigenvalue weighted by Gasteiger charge is 2.35. The molecule has 2 aromatic heterocycles. The van der Waals surface area contributed by atoms with E-state index in [9.17, 15) is 4.79 Å². The summed E-state index contributed by atoms with van der Waals surface area (Å²) in [7, 11) is 0. The lowest BCUT2D eigenvalue weighted by Gasteiger charge is -2.35. The van der Waals surface area contributed by atoms with Crippen LogP contribution in [0.3, 0.4) is 0 Å². The number of aryl methyl sites for hydroxylation is 1. The van der Waals surface area contributed by atoms with Gasteiger partial charge in [-0.2, -0.15) is 5.10 Å². The normalized spacial score (nSPS) is 15.3. The zero-order chi connectivity index (χ0) is 24.2. The van der Waals surface area contributed by atoms with Gasteiger partial charge >= 0.3 is 6.09 Å². The average molecular weight is 494 g/mol. The fraction of sp³-hybridized carbons (Fsp3) is 0.346. The van der Waals surface area contributed by atoms with Gasteiger partial charge in [0.1, 0.15) is 24.4 Å². The highest BCUT2D eigenvalue weighted by molar-refractivity contribution is 6.31. The van der Waals surface area contributed by atoms with E-state index < -0.39 is 0 Å². The first-order valence-corrected chi connectivity index (χ1v) is 12.3. The highest BCUT2D eigenvalue weighted by Crippen LogP contribution is 2.39. The third-order valence-corrected chi connectivity index (χ3v) is 6.54. The van der Waals surface area contributed by atoms with Crippen molar-refractivity contribution in [2.24, 2.45) is 0 Å². The molecule has 2 aromatic carbocycles. The van der Waals surface area contributed by atoms with Crippen LogP contribution in [0.1, 0.15) is 42.6 Å². The molecular formula is C26H28ClN5O3. The molecule has 0 bridgehead atoms. The largest absolute Gasteiger partial charge is 0.494 e. The second-order valence-corrected chi connectivity index (χ2v) is 8.97. The second-order valence-electron chi connectivity index (χ2n) is 8.54. The van der Waals surface area contributed by atoms with Crippen LogP contribution in [0.15, 0.2) is 55.1 Å². The maximum Gasteiger partial charge on any atom is 0.410 e. The molecule has 0 radical (unpaired) electrons. The molecule has 1 amide bonds. The molecule has 1 unspecified atom stereocenters. The number of ether oxygens (including phenoxy) is 2. The number of aromatic nitrogens is 4. The first-order chi connectivity index (χ1) is 17.1. The monoisotopic (exact) mass is 493 g/mol. The molecule has 35 heavy (non-hydrogen) atoms. The van der Waals surface area contributed by atoms with Crippen molar-refractivity contribution in [3.63, 3.8) is 0 Å². The summed E-state index contributed by atoms with van der Waals surface area (Å²) in [4.78, 5) is 22.1. The number of halogens is 1. The third kappa shape index (κ3) is 4.98. The molecule has 0 spiro atoms. The number of unbranched alkanes of at least 4 members (excludes halogenated alkanes) is 1. The van der Waals surface area contributed by atoms with Gasteiger partial charge in [-0.25, -0.2) is 9.78 Å². The summed E-state index contributed by atoms with van der Waals surface area (Å²) in [6.07, 6.45) is 5.57. The topological polar surface area (TPSA) is 85.3 Å². The molecule has 182 valence electrons. The SMILES string of the molecule is CCOC(=O)N1CCc2c([nH]c3ccc(Cl)cc23)C1c1ccc(OCCCCn2cncn2)cc1. The van der Waals surface area contributed by atoms with E-state index in [1.54, 1.807) is 17.6 Å². The zero-order valence-electron chi connectivity index (χ0n) is 19.6. The Kier molecular flexibility index (Phi) is 6.90. The van der Waals surface area contributed by atoms with E-state index in [1.165, 1.54) is 5.56 Å². The van der Waals surface area contributed by atoms with Crippen molar-refractivity contribution in [3.8, 4) is 5.75 Å². The van der Waals surface area contributed by atoms with Crippen LogP contribution in [0, 0.1) is 0 Å². The molecule has 0 fully saturated rings. The Labute approximate surface area is 208 Å². The summed E-state index contributed by atoms with van der Waals surface area (Å²) in [6.45, 7) is 4.18. The van der Waals surface area contributed by atoms with Crippen molar-refractivity contribution >= 4 is 28.6 Å². The van der Waals surface area contributed by atoms with Crippen molar-refractivity contribution in [2.75, 3.05) is 19.8 Å². The molecule has 1 aliphatic heterocycles. The predicted octanol–water partition coefficient (Wildman–Crippen LogP) is 5.38. The van der Waals surface area contributed by atoms with Crippen LogP contribution in [0.5, 0.6) is 5.75 Å². The minimum absolute atomic E-state index is 0.277. The number of amides is 1. The van der Waals surface area contributed by atoms with Crippen molar-refractivity contribution in [3.05, 3.63) is 77.0 Å². The number of fused-ring (bicyclic) bond motifs is 3. The van der Waals surface area contributed by atoms with Crippen molar-refractivity contribution in [2.45, 2.75) is 38.8 Å². The van der Waals surface area contributed by atoms with E-state index in [2.05, 4.69) is 15.1 Å². The smallest absolute Gasteiger partial charge is 0.410 e. The molecule has 1 atom stereocenters. The van der Waals surface area contributed by atoms with Gasteiger partial charge in [-0.1, -0.05) is 23.7 Å². The van der Waals surface area contributed by atoms with Gasteiger partial charge in [-0.3, -0.25) is 9.58 Å². The number of hydrogen-bond donors (Lipinski definition) is 1. The molecule has 3 heterocycles.